The van der Waals surface area contributed by atoms with E-state index in [1.165, 1.54) is 19.3 Å². The van der Waals surface area contributed by atoms with Gasteiger partial charge in [-0.05, 0) is 25.0 Å². The van der Waals surface area contributed by atoms with Crippen LogP contribution in [0.5, 0.6) is 0 Å². The average molecular weight is 275 g/mol. The van der Waals surface area contributed by atoms with Crippen molar-refractivity contribution >= 4 is 5.91 Å². The molecule has 5 heteroatoms. The predicted molar refractivity (Wildman–Crippen MR) is 75.2 cm³/mol. The second kappa shape index (κ2) is 5.89. The Morgan fingerprint density at radius 3 is 3.10 bits per heavy atom. The van der Waals surface area contributed by atoms with Gasteiger partial charge < -0.3 is 10.5 Å². The minimum atomic E-state index is -0.468. The van der Waals surface area contributed by atoms with Gasteiger partial charge in [0, 0.05) is 19.1 Å². The molecule has 1 saturated carbocycles. The van der Waals surface area contributed by atoms with Gasteiger partial charge in [0.05, 0.1) is 18.4 Å². The van der Waals surface area contributed by atoms with Gasteiger partial charge in [0.2, 0.25) is 0 Å². The first-order chi connectivity index (χ1) is 9.74. The number of hydrogen-bond acceptors (Lipinski definition) is 4. The molecule has 0 radical (unpaired) electrons. The molecule has 1 aliphatic carbocycles. The molecule has 0 aromatic carbocycles. The van der Waals surface area contributed by atoms with Crippen LogP contribution in [0.3, 0.4) is 0 Å². The predicted octanol–water partition coefficient (Wildman–Crippen LogP) is 1.32. The summed E-state index contributed by atoms with van der Waals surface area (Å²) in [6, 6.07) is 5.96. The number of amides is 1. The summed E-state index contributed by atoms with van der Waals surface area (Å²) in [7, 11) is 0. The van der Waals surface area contributed by atoms with Crippen LogP contribution in [0, 0.1) is 0 Å². The first kappa shape index (κ1) is 13.5. The van der Waals surface area contributed by atoms with Crippen LogP contribution in [0.25, 0.3) is 0 Å². The lowest BCUT2D eigenvalue weighted by atomic mass is 9.90. The summed E-state index contributed by atoms with van der Waals surface area (Å²) >= 11 is 0. The Morgan fingerprint density at radius 1 is 1.40 bits per heavy atom. The number of hydrogen-bond donors (Lipinski definition) is 1. The van der Waals surface area contributed by atoms with Crippen molar-refractivity contribution in [1.29, 1.82) is 0 Å². The average Bonchev–Trinajstić information content (AvgIpc) is 2.48. The summed E-state index contributed by atoms with van der Waals surface area (Å²) in [6.07, 6.45) is 5.27. The highest BCUT2D eigenvalue weighted by Crippen LogP contribution is 2.29. The lowest BCUT2D eigenvalue weighted by Crippen LogP contribution is -2.52. The van der Waals surface area contributed by atoms with E-state index in [1.807, 2.05) is 12.1 Å². The first-order valence-corrected chi connectivity index (χ1v) is 7.35. The number of primary amides is 1. The Kier molecular flexibility index (Phi) is 3.98. The molecule has 2 atom stereocenters. The van der Waals surface area contributed by atoms with Gasteiger partial charge in [0.15, 0.2) is 0 Å². The molecule has 2 unspecified atom stereocenters. The molecule has 1 aromatic rings. The fourth-order valence-electron chi connectivity index (χ4n) is 3.29. The van der Waals surface area contributed by atoms with E-state index in [9.17, 15) is 4.79 Å². The van der Waals surface area contributed by atoms with Crippen molar-refractivity contribution in [3.8, 4) is 0 Å². The lowest BCUT2D eigenvalue weighted by molar-refractivity contribution is -0.0914. The van der Waals surface area contributed by atoms with Crippen LogP contribution >= 0.6 is 0 Å². The number of nitrogens with two attached hydrogens (primary N) is 1. The van der Waals surface area contributed by atoms with E-state index in [4.69, 9.17) is 10.5 Å². The van der Waals surface area contributed by atoms with Gasteiger partial charge in [-0.15, -0.1) is 0 Å². The fourth-order valence-corrected chi connectivity index (χ4v) is 3.29. The van der Waals surface area contributed by atoms with Crippen molar-refractivity contribution in [2.24, 2.45) is 5.73 Å². The summed E-state index contributed by atoms with van der Waals surface area (Å²) in [5.74, 6) is -0.468. The van der Waals surface area contributed by atoms with E-state index < -0.39 is 5.91 Å². The molecule has 2 heterocycles. The van der Waals surface area contributed by atoms with Gasteiger partial charge in [-0.2, -0.15) is 0 Å². The van der Waals surface area contributed by atoms with E-state index >= 15 is 0 Å². The van der Waals surface area contributed by atoms with E-state index in [0.717, 1.165) is 31.8 Å². The number of fused-ring (bicyclic) bond motifs is 1. The number of pyridine rings is 1. The molecule has 2 N–H and O–H groups in total. The number of ether oxygens (including phenoxy) is 1. The van der Waals surface area contributed by atoms with Crippen LogP contribution in [0.1, 0.15) is 41.9 Å². The van der Waals surface area contributed by atoms with Crippen LogP contribution in [0.2, 0.25) is 0 Å². The van der Waals surface area contributed by atoms with E-state index in [0.29, 0.717) is 17.8 Å². The van der Waals surface area contributed by atoms with Crippen molar-refractivity contribution in [3.05, 3.63) is 29.6 Å². The second-order valence-electron chi connectivity index (χ2n) is 5.61. The number of carbonyl (C=O) groups is 1. The first-order valence-electron chi connectivity index (χ1n) is 7.35. The zero-order chi connectivity index (χ0) is 13.9. The fraction of sp³-hybridized carbons (Fsp3) is 0.600. The Balaban J connectivity index is 1.72. The van der Waals surface area contributed by atoms with Crippen molar-refractivity contribution in [2.45, 2.75) is 44.4 Å². The third-order valence-electron chi connectivity index (χ3n) is 4.27. The van der Waals surface area contributed by atoms with Gasteiger partial charge >= 0.3 is 0 Å². The Hall–Kier alpha value is -1.46. The molecule has 108 valence electrons. The highest BCUT2D eigenvalue weighted by molar-refractivity contribution is 5.90. The number of nitrogens with zero attached hydrogens (tertiary/aromatic N) is 2. The highest BCUT2D eigenvalue weighted by Gasteiger charge is 2.34. The molecule has 2 fully saturated rings. The van der Waals surface area contributed by atoms with Gasteiger partial charge in [0.25, 0.3) is 5.91 Å². The zero-order valence-corrected chi connectivity index (χ0v) is 11.6. The Bertz CT molecular complexity index is 490. The molecule has 20 heavy (non-hydrogen) atoms. The summed E-state index contributed by atoms with van der Waals surface area (Å²) in [6.45, 7) is 2.49. The molecule has 1 aromatic heterocycles. The largest absolute Gasteiger partial charge is 0.375 e. The molecule has 0 spiro atoms. The lowest BCUT2D eigenvalue weighted by Gasteiger charge is -2.43. The molecule has 1 saturated heterocycles. The summed E-state index contributed by atoms with van der Waals surface area (Å²) in [5.41, 5.74) is 6.54. The van der Waals surface area contributed by atoms with E-state index in [-0.39, 0.29) is 0 Å². The maximum Gasteiger partial charge on any atom is 0.267 e. The Labute approximate surface area is 119 Å². The molecule has 2 aliphatic rings. The van der Waals surface area contributed by atoms with Crippen LogP contribution in [-0.4, -0.2) is 41.1 Å². The highest BCUT2D eigenvalue weighted by atomic mass is 16.5. The maximum absolute atomic E-state index is 11.2. The van der Waals surface area contributed by atoms with E-state index in [2.05, 4.69) is 9.88 Å². The monoisotopic (exact) mass is 275 g/mol. The SMILES string of the molecule is NC(=O)c1cccc(CN2CCOC3CCCCC32)n1. The molecule has 0 bridgehead atoms. The topological polar surface area (TPSA) is 68.5 Å². The van der Waals surface area contributed by atoms with Gasteiger partial charge in [-0.3, -0.25) is 9.69 Å². The van der Waals surface area contributed by atoms with Gasteiger partial charge in [-0.1, -0.05) is 18.9 Å². The summed E-state index contributed by atoms with van der Waals surface area (Å²) < 4.78 is 5.88. The van der Waals surface area contributed by atoms with Gasteiger partial charge in [0.1, 0.15) is 5.69 Å². The standard InChI is InChI=1S/C15H21N3O2/c16-15(19)12-5-3-4-11(17-12)10-18-8-9-20-14-7-2-1-6-13(14)18/h3-5,13-14H,1-2,6-10H2,(H2,16,19). The van der Waals surface area contributed by atoms with E-state index in [1.54, 1.807) is 6.07 Å². The van der Waals surface area contributed by atoms with Gasteiger partial charge in [-0.25, -0.2) is 4.98 Å². The molecule has 5 nitrogen and oxygen atoms in total. The minimum absolute atomic E-state index is 0.343. The second-order valence-corrected chi connectivity index (χ2v) is 5.61. The third kappa shape index (κ3) is 2.83. The van der Waals surface area contributed by atoms with Crippen LogP contribution in [0.4, 0.5) is 0 Å². The summed E-state index contributed by atoms with van der Waals surface area (Å²) in [4.78, 5) is 18.0. The van der Waals surface area contributed by atoms with Crippen LogP contribution < -0.4 is 5.73 Å². The van der Waals surface area contributed by atoms with Crippen molar-refractivity contribution in [1.82, 2.24) is 9.88 Å². The minimum Gasteiger partial charge on any atom is -0.375 e. The number of rotatable bonds is 3. The normalized spacial score (nSPS) is 27.0. The zero-order valence-electron chi connectivity index (χ0n) is 11.6. The third-order valence-corrected chi connectivity index (χ3v) is 4.27. The molecule has 1 aliphatic heterocycles. The van der Waals surface area contributed by atoms with Crippen molar-refractivity contribution < 1.29 is 9.53 Å². The van der Waals surface area contributed by atoms with Crippen molar-refractivity contribution in [2.75, 3.05) is 13.2 Å². The van der Waals surface area contributed by atoms with Crippen LogP contribution in [-0.2, 0) is 11.3 Å². The molecular weight excluding hydrogens is 254 g/mol. The van der Waals surface area contributed by atoms with Crippen LogP contribution in [0.15, 0.2) is 18.2 Å². The number of carbonyl (C=O) groups excluding carboxylic acids is 1. The Morgan fingerprint density at radius 2 is 2.25 bits per heavy atom. The summed E-state index contributed by atoms with van der Waals surface area (Å²) in [5, 5.41) is 0. The van der Waals surface area contributed by atoms with Crippen molar-refractivity contribution in [3.63, 3.8) is 0 Å². The maximum atomic E-state index is 11.2. The molecule has 3 rings (SSSR count). The number of morpholine rings is 1. The molecular formula is C15H21N3O2. The smallest absolute Gasteiger partial charge is 0.267 e. The molecule has 1 amide bonds. The quantitative estimate of drug-likeness (QED) is 0.903. The number of aromatic nitrogens is 1.